The molecule has 0 aromatic heterocycles. The zero-order valence-electron chi connectivity index (χ0n) is 24.4. The second kappa shape index (κ2) is 26.0. The quantitative estimate of drug-likeness (QED) is 0.0861. The monoisotopic (exact) mass is 482 g/mol. The Morgan fingerprint density at radius 1 is 0.382 bits per heavy atom. The van der Waals surface area contributed by atoms with Crippen LogP contribution in [0, 0.1) is 0 Å². The summed E-state index contributed by atoms with van der Waals surface area (Å²) >= 11 is 0. The van der Waals surface area contributed by atoms with Gasteiger partial charge in [0.2, 0.25) is 0 Å². The maximum atomic E-state index is 6.29. The van der Waals surface area contributed by atoms with E-state index in [1.807, 2.05) is 0 Å². The molecule has 0 bridgehead atoms. The third kappa shape index (κ3) is 23.7. The fourth-order valence-electron chi connectivity index (χ4n) is 4.51. The Labute approximate surface area is 216 Å². The zero-order chi connectivity index (χ0) is 25.3. The van der Waals surface area contributed by atoms with Crippen molar-refractivity contribution in [1.29, 1.82) is 0 Å². The van der Waals surface area contributed by atoms with Gasteiger partial charge < -0.3 is 14.0 Å². The molecule has 0 fully saturated rings. The molecule has 0 amide bonds. The molecular formula is C30H63BO3. The minimum absolute atomic E-state index is 0.179. The number of hydrogen-bond acceptors (Lipinski definition) is 3. The van der Waals surface area contributed by atoms with Gasteiger partial charge in [-0.1, -0.05) is 136 Å². The summed E-state index contributed by atoms with van der Waals surface area (Å²) in [5, 5.41) is 0. The van der Waals surface area contributed by atoms with Crippen LogP contribution in [0.15, 0.2) is 0 Å². The maximum absolute atomic E-state index is 6.29. The molecule has 0 rings (SSSR count). The molecule has 0 aromatic rings. The van der Waals surface area contributed by atoms with Gasteiger partial charge in [-0.2, -0.15) is 0 Å². The standard InChI is InChI=1S/C30H63BO3/c1-7-10-13-16-19-22-25-28(4)32-31(33-29(5)26-23-20-17-14-11-8-2)34-30(6)27-24-21-18-15-12-9-3/h28-30H,7-27H2,1-6H3. The predicted molar refractivity (Wildman–Crippen MR) is 151 cm³/mol. The first kappa shape index (κ1) is 33.9. The van der Waals surface area contributed by atoms with Crippen molar-refractivity contribution >= 4 is 7.32 Å². The second-order valence-corrected chi connectivity index (χ2v) is 10.8. The maximum Gasteiger partial charge on any atom is 0.639 e. The predicted octanol–water partition coefficient (Wildman–Crippen LogP) is 10.4. The molecule has 4 heteroatoms. The van der Waals surface area contributed by atoms with Gasteiger partial charge in [0.15, 0.2) is 0 Å². The van der Waals surface area contributed by atoms with Crippen LogP contribution in [0.2, 0.25) is 0 Å². The highest BCUT2D eigenvalue weighted by Crippen LogP contribution is 2.17. The first-order valence-electron chi connectivity index (χ1n) is 15.5. The van der Waals surface area contributed by atoms with Gasteiger partial charge >= 0.3 is 7.32 Å². The minimum atomic E-state index is -0.528. The molecule has 0 saturated carbocycles. The lowest BCUT2D eigenvalue weighted by atomic mass is 10.0. The van der Waals surface area contributed by atoms with Crippen LogP contribution in [0.4, 0.5) is 0 Å². The Bertz CT molecular complexity index is 336. The first-order valence-corrected chi connectivity index (χ1v) is 15.5. The molecule has 0 N–H and O–H groups in total. The fourth-order valence-corrected chi connectivity index (χ4v) is 4.51. The molecule has 0 spiro atoms. The fraction of sp³-hybridized carbons (Fsp3) is 1.00. The molecular weight excluding hydrogens is 419 g/mol. The third-order valence-electron chi connectivity index (χ3n) is 6.92. The van der Waals surface area contributed by atoms with Crippen LogP contribution in [-0.4, -0.2) is 25.6 Å². The van der Waals surface area contributed by atoms with Crippen LogP contribution in [0.25, 0.3) is 0 Å². The average Bonchev–Trinajstić information content (AvgIpc) is 2.80. The van der Waals surface area contributed by atoms with E-state index >= 15 is 0 Å². The summed E-state index contributed by atoms with van der Waals surface area (Å²) in [6, 6.07) is 0. The lowest BCUT2D eigenvalue weighted by Gasteiger charge is -2.25. The normalized spacial score (nSPS) is 14.3. The Balaban J connectivity index is 4.37. The molecule has 0 aliphatic heterocycles. The van der Waals surface area contributed by atoms with Crippen LogP contribution >= 0.6 is 0 Å². The molecule has 0 aromatic carbocycles. The van der Waals surface area contributed by atoms with Gasteiger partial charge in [0.25, 0.3) is 0 Å². The van der Waals surface area contributed by atoms with Crippen LogP contribution in [0.5, 0.6) is 0 Å². The van der Waals surface area contributed by atoms with Crippen LogP contribution in [-0.2, 0) is 14.0 Å². The molecule has 0 aliphatic carbocycles. The number of unbranched alkanes of at least 4 members (excludes halogenated alkanes) is 15. The van der Waals surface area contributed by atoms with E-state index in [2.05, 4.69) is 41.5 Å². The van der Waals surface area contributed by atoms with Gasteiger partial charge in [0.05, 0.1) is 0 Å². The van der Waals surface area contributed by atoms with Crippen molar-refractivity contribution < 1.29 is 14.0 Å². The summed E-state index contributed by atoms with van der Waals surface area (Å²) in [6.07, 6.45) is 27.6. The van der Waals surface area contributed by atoms with Crippen molar-refractivity contribution in [3.8, 4) is 0 Å². The topological polar surface area (TPSA) is 27.7 Å². The highest BCUT2D eigenvalue weighted by Gasteiger charge is 2.28. The van der Waals surface area contributed by atoms with Gasteiger partial charge in [0.1, 0.15) is 0 Å². The third-order valence-corrected chi connectivity index (χ3v) is 6.92. The van der Waals surface area contributed by atoms with E-state index in [1.54, 1.807) is 0 Å². The van der Waals surface area contributed by atoms with E-state index in [4.69, 9.17) is 14.0 Å². The van der Waals surface area contributed by atoms with E-state index in [0.29, 0.717) is 0 Å². The van der Waals surface area contributed by atoms with E-state index in [9.17, 15) is 0 Å². The first-order chi connectivity index (χ1) is 16.5. The SMILES string of the molecule is CCCCCCCCC(C)OB(OC(C)CCCCCCCC)OC(C)CCCCCCCC. The van der Waals surface area contributed by atoms with Crippen molar-refractivity contribution in [2.24, 2.45) is 0 Å². The van der Waals surface area contributed by atoms with Crippen molar-refractivity contribution in [3.63, 3.8) is 0 Å². The van der Waals surface area contributed by atoms with Gasteiger partial charge in [0, 0.05) is 18.3 Å². The average molecular weight is 483 g/mol. The smallest absolute Gasteiger partial charge is 0.383 e. The highest BCUT2D eigenvalue weighted by molar-refractivity contribution is 6.36. The van der Waals surface area contributed by atoms with E-state index in [0.717, 1.165) is 19.3 Å². The van der Waals surface area contributed by atoms with Crippen LogP contribution in [0.1, 0.15) is 176 Å². The summed E-state index contributed by atoms with van der Waals surface area (Å²) in [6.45, 7) is 13.4. The molecule has 0 saturated heterocycles. The van der Waals surface area contributed by atoms with E-state index in [-0.39, 0.29) is 18.3 Å². The second-order valence-electron chi connectivity index (χ2n) is 10.8. The summed E-state index contributed by atoms with van der Waals surface area (Å²) in [4.78, 5) is 0. The molecule has 0 aliphatic rings. The van der Waals surface area contributed by atoms with E-state index in [1.165, 1.54) is 116 Å². The Morgan fingerprint density at radius 2 is 0.618 bits per heavy atom. The minimum Gasteiger partial charge on any atom is -0.383 e. The van der Waals surface area contributed by atoms with Crippen LogP contribution in [0.3, 0.4) is 0 Å². The largest absolute Gasteiger partial charge is 0.639 e. The number of rotatable bonds is 27. The van der Waals surface area contributed by atoms with Crippen LogP contribution < -0.4 is 0 Å². The summed E-state index contributed by atoms with van der Waals surface area (Å²) in [5.74, 6) is 0. The Kier molecular flexibility index (Phi) is 26.0. The highest BCUT2D eigenvalue weighted by atomic mass is 16.7. The summed E-state index contributed by atoms with van der Waals surface area (Å²) < 4.78 is 18.9. The molecule has 0 heterocycles. The molecule has 204 valence electrons. The van der Waals surface area contributed by atoms with Crippen molar-refractivity contribution in [2.45, 2.75) is 195 Å². The van der Waals surface area contributed by atoms with Gasteiger partial charge in [-0.3, -0.25) is 0 Å². The van der Waals surface area contributed by atoms with Crippen molar-refractivity contribution in [3.05, 3.63) is 0 Å². The Hall–Kier alpha value is -0.0551. The lowest BCUT2D eigenvalue weighted by molar-refractivity contribution is 0.0133. The zero-order valence-corrected chi connectivity index (χ0v) is 24.4. The molecule has 0 radical (unpaired) electrons. The molecule has 3 atom stereocenters. The molecule has 34 heavy (non-hydrogen) atoms. The summed E-state index contributed by atoms with van der Waals surface area (Å²) in [7, 11) is -0.528. The van der Waals surface area contributed by atoms with E-state index < -0.39 is 7.32 Å². The van der Waals surface area contributed by atoms with Crippen molar-refractivity contribution in [2.75, 3.05) is 0 Å². The number of hydrogen-bond donors (Lipinski definition) is 0. The van der Waals surface area contributed by atoms with Gasteiger partial charge in [-0.15, -0.1) is 0 Å². The van der Waals surface area contributed by atoms with Gasteiger partial charge in [-0.05, 0) is 40.0 Å². The van der Waals surface area contributed by atoms with Gasteiger partial charge in [-0.25, -0.2) is 0 Å². The summed E-state index contributed by atoms with van der Waals surface area (Å²) in [5.41, 5.74) is 0. The lowest BCUT2D eigenvalue weighted by Crippen LogP contribution is -2.37. The molecule has 3 nitrogen and oxygen atoms in total. The Morgan fingerprint density at radius 3 is 0.882 bits per heavy atom. The van der Waals surface area contributed by atoms with Crippen molar-refractivity contribution in [1.82, 2.24) is 0 Å². The molecule has 3 unspecified atom stereocenters.